The Bertz CT molecular complexity index is 508. The van der Waals surface area contributed by atoms with Gasteiger partial charge in [0.05, 0.1) is 6.61 Å². The molecular weight excluding hydrogens is 304 g/mol. The standard InChI is InChI=1S/C20H28O4/c1-3-5-6-7-11-16-23-19(21)14-15-20(22)24-18(4-2)17-12-9-8-10-13-17/h8-10,12-15,18H,3-7,11,16H2,1-2H3/b15-14+. The van der Waals surface area contributed by atoms with E-state index in [0.717, 1.165) is 37.0 Å². The van der Waals surface area contributed by atoms with Crippen molar-refractivity contribution in [1.82, 2.24) is 0 Å². The van der Waals surface area contributed by atoms with Crippen LogP contribution < -0.4 is 0 Å². The number of esters is 2. The highest BCUT2D eigenvalue weighted by molar-refractivity contribution is 5.91. The molecule has 0 aromatic heterocycles. The van der Waals surface area contributed by atoms with Crippen molar-refractivity contribution < 1.29 is 19.1 Å². The lowest BCUT2D eigenvalue weighted by molar-refractivity contribution is -0.144. The summed E-state index contributed by atoms with van der Waals surface area (Å²) in [7, 11) is 0. The van der Waals surface area contributed by atoms with Crippen molar-refractivity contribution in [3.8, 4) is 0 Å². The molecule has 0 saturated carbocycles. The lowest BCUT2D eigenvalue weighted by Gasteiger charge is -2.15. The first-order valence-electron chi connectivity index (χ1n) is 8.77. The number of benzene rings is 1. The number of hydrogen-bond acceptors (Lipinski definition) is 4. The van der Waals surface area contributed by atoms with Gasteiger partial charge in [0, 0.05) is 12.2 Å². The van der Waals surface area contributed by atoms with Gasteiger partial charge in [0.15, 0.2) is 0 Å². The first-order chi connectivity index (χ1) is 11.7. The Labute approximate surface area is 144 Å². The minimum absolute atomic E-state index is 0.307. The second-order valence-electron chi connectivity index (χ2n) is 5.66. The zero-order chi connectivity index (χ0) is 17.6. The predicted octanol–water partition coefficient (Wildman–Crippen LogP) is 4.75. The summed E-state index contributed by atoms with van der Waals surface area (Å²) in [5.41, 5.74) is 0.941. The SMILES string of the molecule is CCCCCCCOC(=O)/C=C/C(=O)OC(CC)c1ccccc1. The van der Waals surface area contributed by atoms with Crippen molar-refractivity contribution in [3.63, 3.8) is 0 Å². The molecule has 0 N–H and O–H groups in total. The molecular formula is C20H28O4. The smallest absolute Gasteiger partial charge is 0.331 e. The summed E-state index contributed by atoms with van der Waals surface area (Å²) in [4.78, 5) is 23.4. The highest BCUT2D eigenvalue weighted by atomic mass is 16.5. The molecule has 1 aromatic carbocycles. The topological polar surface area (TPSA) is 52.6 Å². The molecule has 4 heteroatoms. The molecule has 0 aliphatic carbocycles. The predicted molar refractivity (Wildman–Crippen MR) is 94.4 cm³/mol. The van der Waals surface area contributed by atoms with Crippen LogP contribution in [0.2, 0.25) is 0 Å². The van der Waals surface area contributed by atoms with Gasteiger partial charge in [-0.25, -0.2) is 9.59 Å². The van der Waals surface area contributed by atoms with Gasteiger partial charge in [-0.05, 0) is 18.4 Å². The minimum Gasteiger partial charge on any atom is -0.463 e. The van der Waals surface area contributed by atoms with Crippen LogP contribution in [0, 0.1) is 0 Å². The van der Waals surface area contributed by atoms with Gasteiger partial charge in [0.2, 0.25) is 0 Å². The molecule has 1 rings (SSSR count). The fourth-order valence-corrected chi connectivity index (χ4v) is 2.30. The van der Waals surface area contributed by atoms with Crippen LogP contribution in [-0.2, 0) is 19.1 Å². The Morgan fingerprint density at radius 3 is 2.29 bits per heavy atom. The average Bonchev–Trinajstić information content (AvgIpc) is 2.61. The molecule has 0 radical (unpaired) electrons. The number of rotatable bonds is 11. The maximum atomic E-state index is 11.8. The van der Waals surface area contributed by atoms with Gasteiger partial charge < -0.3 is 9.47 Å². The van der Waals surface area contributed by atoms with Crippen LogP contribution in [0.4, 0.5) is 0 Å². The Kier molecular flexibility index (Phi) is 10.3. The van der Waals surface area contributed by atoms with Gasteiger partial charge in [-0.2, -0.15) is 0 Å². The average molecular weight is 332 g/mol. The molecule has 24 heavy (non-hydrogen) atoms. The zero-order valence-corrected chi connectivity index (χ0v) is 14.7. The van der Waals surface area contributed by atoms with E-state index in [1.807, 2.05) is 37.3 Å². The van der Waals surface area contributed by atoms with Crippen LogP contribution in [-0.4, -0.2) is 18.5 Å². The van der Waals surface area contributed by atoms with Crippen molar-refractivity contribution in [3.05, 3.63) is 48.0 Å². The first-order valence-corrected chi connectivity index (χ1v) is 8.77. The Hall–Kier alpha value is -2.10. The molecule has 4 nitrogen and oxygen atoms in total. The van der Waals surface area contributed by atoms with Gasteiger partial charge >= 0.3 is 11.9 Å². The molecule has 0 aliphatic heterocycles. The maximum Gasteiger partial charge on any atom is 0.331 e. The number of carbonyl (C=O) groups is 2. The molecule has 0 aliphatic rings. The summed E-state index contributed by atoms with van der Waals surface area (Å²) in [6, 6.07) is 9.55. The summed E-state index contributed by atoms with van der Waals surface area (Å²) >= 11 is 0. The van der Waals surface area contributed by atoms with Crippen LogP contribution >= 0.6 is 0 Å². The van der Waals surface area contributed by atoms with E-state index in [2.05, 4.69) is 6.92 Å². The second-order valence-corrected chi connectivity index (χ2v) is 5.66. The highest BCUT2D eigenvalue weighted by Crippen LogP contribution is 2.20. The summed E-state index contributed by atoms with van der Waals surface area (Å²) in [5.74, 6) is -1.04. The van der Waals surface area contributed by atoms with Gasteiger partial charge in [-0.3, -0.25) is 0 Å². The molecule has 0 amide bonds. The molecule has 132 valence electrons. The van der Waals surface area contributed by atoms with Gasteiger partial charge in [0.1, 0.15) is 6.10 Å². The fourth-order valence-electron chi connectivity index (χ4n) is 2.30. The quantitative estimate of drug-likeness (QED) is 0.333. The van der Waals surface area contributed by atoms with Crippen molar-refractivity contribution >= 4 is 11.9 Å². The van der Waals surface area contributed by atoms with Crippen LogP contribution in [0.25, 0.3) is 0 Å². The van der Waals surface area contributed by atoms with E-state index < -0.39 is 11.9 Å². The van der Waals surface area contributed by atoms with Crippen LogP contribution in [0.15, 0.2) is 42.5 Å². The number of unbranched alkanes of at least 4 members (excludes halogenated alkanes) is 4. The first kappa shape index (κ1) is 19.9. The number of carbonyl (C=O) groups excluding carboxylic acids is 2. The van der Waals surface area contributed by atoms with E-state index in [1.165, 1.54) is 12.8 Å². The zero-order valence-electron chi connectivity index (χ0n) is 14.7. The molecule has 0 spiro atoms. The maximum absolute atomic E-state index is 11.8. The summed E-state index contributed by atoms with van der Waals surface area (Å²) < 4.78 is 10.4. The normalized spacial score (nSPS) is 12.1. The monoisotopic (exact) mass is 332 g/mol. The van der Waals surface area contributed by atoms with Crippen LogP contribution in [0.5, 0.6) is 0 Å². The number of ether oxygens (including phenoxy) is 2. The van der Waals surface area contributed by atoms with E-state index in [1.54, 1.807) is 0 Å². The van der Waals surface area contributed by atoms with E-state index >= 15 is 0 Å². The second kappa shape index (κ2) is 12.3. The largest absolute Gasteiger partial charge is 0.463 e. The van der Waals surface area contributed by atoms with E-state index in [9.17, 15) is 9.59 Å². The van der Waals surface area contributed by atoms with Crippen molar-refractivity contribution in [1.29, 1.82) is 0 Å². The fraction of sp³-hybridized carbons (Fsp3) is 0.500. The van der Waals surface area contributed by atoms with E-state index in [4.69, 9.17) is 9.47 Å². The lowest BCUT2D eigenvalue weighted by Crippen LogP contribution is -2.09. The Morgan fingerprint density at radius 1 is 0.958 bits per heavy atom. The number of hydrogen-bond donors (Lipinski definition) is 0. The third kappa shape index (κ3) is 8.51. The molecule has 1 unspecified atom stereocenters. The summed E-state index contributed by atoms with van der Waals surface area (Å²) in [6.07, 6.45) is 8.10. The van der Waals surface area contributed by atoms with E-state index in [-0.39, 0.29) is 6.10 Å². The Morgan fingerprint density at radius 2 is 1.62 bits per heavy atom. The Balaban J connectivity index is 2.30. The van der Waals surface area contributed by atoms with Crippen molar-refractivity contribution in [2.24, 2.45) is 0 Å². The molecule has 0 saturated heterocycles. The van der Waals surface area contributed by atoms with Gasteiger partial charge in [0.25, 0.3) is 0 Å². The molecule has 0 bridgehead atoms. The van der Waals surface area contributed by atoms with Gasteiger partial charge in [-0.15, -0.1) is 0 Å². The van der Waals surface area contributed by atoms with Crippen LogP contribution in [0.3, 0.4) is 0 Å². The molecule has 0 fully saturated rings. The van der Waals surface area contributed by atoms with Crippen molar-refractivity contribution in [2.75, 3.05) is 6.61 Å². The summed E-state index contributed by atoms with van der Waals surface area (Å²) in [6.45, 7) is 4.50. The summed E-state index contributed by atoms with van der Waals surface area (Å²) in [5, 5.41) is 0. The van der Waals surface area contributed by atoms with Crippen LogP contribution in [0.1, 0.15) is 64.0 Å². The van der Waals surface area contributed by atoms with Crippen molar-refractivity contribution in [2.45, 2.75) is 58.5 Å². The minimum atomic E-state index is -0.536. The third-order valence-corrected chi connectivity index (χ3v) is 3.65. The highest BCUT2D eigenvalue weighted by Gasteiger charge is 2.13. The molecule has 1 aromatic rings. The van der Waals surface area contributed by atoms with E-state index in [0.29, 0.717) is 13.0 Å². The third-order valence-electron chi connectivity index (χ3n) is 3.65. The molecule has 1 atom stereocenters. The molecule has 0 heterocycles. The lowest BCUT2D eigenvalue weighted by atomic mass is 10.1. The van der Waals surface area contributed by atoms with Gasteiger partial charge in [-0.1, -0.05) is 69.9 Å².